The molecule has 3 heterocycles. The first-order valence-electron chi connectivity index (χ1n) is 10.5. The summed E-state index contributed by atoms with van der Waals surface area (Å²) >= 11 is 0. The number of aliphatic hydroxyl groups is 1. The van der Waals surface area contributed by atoms with E-state index in [1.165, 1.54) is 17.0 Å². The Kier molecular flexibility index (Phi) is 6.14. The van der Waals surface area contributed by atoms with E-state index in [0.717, 1.165) is 5.56 Å². The molecule has 0 bridgehead atoms. The van der Waals surface area contributed by atoms with Crippen LogP contribution in [-0.2, 0) is 11.8 Å². The number of amides is 1. The highest BCUT2D eigenvalue weighted by Crippen LogP contribution is 2.35. The van der Waals surface area contributed by atoms with Crippen LogP contribution in [0.2, 0.25) is 0 Å². The standard InChI is InChI=1S/C22H24FN7O3/c1-4-18(31)16-5-11(2)17(8-24-16)27-20-13(9-30(3)22(33)29-20)15-7-19(26-10-25-15)28-21(32)12-6-14(12)23/h5,7-10,12,14,18,31H,4,6H2,1-3H3,(H,27,29,33)(H,25,26,28,32). The van der Waals surface area contributed by atoms with E-state index in [9.17, 15) is 19.1 Å². The number of hydrogen-bond acceptors (Lipinski definition) is 8. The third kappa shape index (κ3) is 4.87. The molecule has 172 valence electrons. The monoisotopic (exact) mass is 453 g/mol. The number of halogens is 1. The molecule has 0 aromatic carbocycles. The first-order chi connectivity index (χ1) is 15.8. The van der Waals surface area contributed by atoms with Crippen LogP contribution in [0.5, 0.6) is 0 Å². The number of hydrogen-bond donors (Lipinski definition) is 3. The van der Waals surface area contributed by atoms with Gasteiger partial charge in [-0.1, -0.05) is 6.92 Å². The summed E-state index contributed by atoms with van der Waals surface area (Å²) in [5, 5.41) is 15.7. The number of nitrogens with one attached hydrogen (secondary N) is 2. The molecule has 0 spiro atoms. The Labute approximate surface area is 189 Å². The summed E-state index contributed by atoms with van der Waals surface area (Å²) in [6, 6.07) is 3.30. The highest BCUT2D eigenvalue weighted by molar-refractivity contribution is 5.94. The van der Waals surface area contributed by atoms with Crippen molar-refractivity contribution in [2.24, 2.45) is 13.0 Å². The number of aryl methyl sites for hydroxylation is 2. The summed E-state index contributed by atoms with van der Waals surface area (Å²) in [6.07, 6.45) is 3.39. The number of rotatable bonds is 7. The first kappa shape index (κ1) is 22.5. The second kappa shape index (κ2) is 9.02. The molecule has 1 amide bonds. The summed E-state index contributed by atoms with van der Waals surface area (Å²) < 4.78 is 14.5. The fraction of sp³-hybridized carbons (Fsp3) is 0.364. The highest BCUT2D eigenvalue weighted by Gasteiger charge is 2.43. The Morgan fingerprint density at radius 3 is 2.76 bits per heavy atom. The number of carbonyl (C=O) groups excluding carboxylic acids is 1. The molecule has 11 heteroatoms. The van der Waals surface area contributed by atoms with Crippen molar-refractivity contribution < 1.29 is 14.3 Å². The van der Waals surface area contributed by atoms with E-state index >= 15 is 0 Å². The Balaban J connectivity index is 1.67. The van der Waals surface area contributed by atoms with Gasteiger partial charge in [0.2, 0.25) is 5.91 Å². The minimum absolute atomic E-state index is 0.212. The van der Waals surface area contributed by atoms with Gasteiger partial charge < -0.3 is 20.3 Å². The lowest BCUT2D eigenvalue weighted by Gasteiger charge is -2.15. The Morgan fingerprint density at radius 2 is 2.09 bits per heavy atom. The Morgan fingerprint density at radius 1 is 1.33 bits per heavy atom. The third-order valence-electron chi connectivity index (χ3n) is 5.44. The average molecular weight is 453 g/mol. The first-order valence-corrected chi connectivity index (χ1v) is 10.5. The van der Waals surface area contributed by atoms with Crippen LogP contribution in [0.25, 0.3) is 11.3 Å². The quantitative estimate of drug-likeness (QED) is 0.496. The van der Waals surface area contributed by atoms with Crippen LogP contribution in [0.1, 0.15) is 37.1 Å². The smallest absolute Gasteiger partial charge is 0.349 e. The summed E-state index contributed by atoms with van der Waals surface area (Å²) in [6.45, 7) is 3.72. The Hall–Kier alpha value is -3.73. The molecule has 1 aliphatic carbocycles. The molecular formula is C22H24FN7O3. The summed E-state index contributed by atoms with van der Waals surface area (Å²) in [7, 11) is 1.56. The van der Waals surface area contributed by atoms with Crippen molar-refractivity contribution in [2.75, 3.05) is 10.6 Å². The largest absolute Gasteiger partial charge is 0.387 e. The molecule has 1 saturated carbocycles. The maximum atomic E-state index is 13.2. The van der Waals surface area contributed by atoms with Gasteiger partial charge in [-0.25, -0.2) is 19.2 Å². The number of aliphatic hydroxyl groups excluding tert-OH is 1. The lowest BCUT2D eigenvalue weighted by Crippen LogP contribution is -2.21. The zero-order valence-electron chi connectivity index (χ0n) is 18.4. The maximum Gasteiger partial charge on any atom is 0.349 e. The van der Waals surface area contributed by atoms with Crippen LogP contribution < -0.4 is 16.3 Å². The average Bonchev–Trinajstić information content (AvgIpc) is 3.53. The van der Waals surface area contributed by atoms with Crippen LogP contribution in [-0.4, -0.2) is 41.7 Å². The molecular weight excluding hydrogens is 429 g/mol. The van der Waals surface area contributed by atoms with Gasteiger partial charge in [-0.05, 0) is 31.4 Å². The van der Waals surface area contributed by atoms with E-state index in [4.69, 9.17) is 0 Å². The fourth-order valence-electron chi connectivity index (χ4n) is 3.28. The normalized spacial score (nSPS) is 18.0. The topological polar surface area (TPSA) is 135 Å². The van der Waals surface area contributed by atoms with Gasteiger partial charge in [0.25, 0.3) is 0 Å². The van der Waals surface area contributed by atoms with E-state index in [1.54, 1.807) is 25.5 Å². The summed E-state index contributed by atoms with van der Waals surface area (Å²) in [5.41, 5.74) is 2.38. The number of carbonyl (C=O) groups is 1. The fourth-order valence-corrected chi connectivity index (χ4v) is 3.28. The molecule has 0 radical (unpaired) electrons. The van der Waals surface area contributed by atoms with Gasteiger partial charge in [-0.2, -0.15) is 4.98 Å². The van der Waals surface area contributed by atoms with Crippen LogP contribution in [0.3, 0.4) is 0 Å². The van der Waals surface area contributed by atoms with Gasteiger partial charge in [0.15, 0.2) is 0 Å². The third-order valence-corrected chi connectivity index (χ3v) is 5.44. The molecule has 0 aliphatic heterocycles. The second-order valence-corrected chi connectivity index (χ2v) is 8.01. The number of aromatic nitrogens is 5. The van der Waals surface area contributed by atoms with E-state index in [0.29, 0.717) is 29.1 Å². The van der Waals surface area contributed by atoms with Crippen molar-refractivity contribution in [2.45, 2.75) is 39.0 Å². The van der Waals surface area contributed by atoms with Crippen LogP contribution in [0, 0.1) is 12.8 Å². The zero-order chi connectivity index (χ0) is 23.7. The summed E-state index contributed by atoms with van der Waals surface area (Å²) in [5.74, 6) is -0.613. The van der Waals surface area contributed by atoms with Gasteiger partial charge in [-0.15, -0.1) is 0 Å². The number of pyridine rings is 1. The number of anilines is 3. The zero-order valence-corrected chi connectivity index (χ0v) is 18.4. The van der Waals surface area contributed by atoms with Gasteiger partial charge in [0, 0.05) is 19.3 Å². The predicted molar refractivity (Wildman–Crippen MR) is 120 cm³/mol. The highest BCUT2D eigenvalue weighted by atomic mass is 19.1. The number of alkyl halides is 1. The van der Waals surface area contributed by atoms with Crippen molar-refractivity contribution in [3.63, 3.8) is 0 Å². The lowest BCUT2D eigenvalue weighted by molar-refractivity contribution is -0.117. The van der Waals surface area contributed by atoms with Crippen molar-refractivity contribution in [3.8, 4) is 11.3 Å². The van der Waals surface area contributed by atoms with Crippen LogP contribution >= 0.6 is 0 Å². The molecule has 3 unspecified atom stereocenters. The molecule has 4 rings (SSSR count). The molecule has 33 heavy (non-hydrogen) atoms. The van der Waals surface area contributed by atoms with Gasteiger partial charge in [0.05, 0.1) is 40.9 Å². The van der Waals surface area contributed by atoms with Gasteiger partial charge in [-0.3, -0.25) is 9.78 Å². The molecule has 1 aliphatic rings. The van der Waals surface area contributed by atoms with Crippen LogP contribution in [0.15, 0.2) is 35.6 Å². The van der Waals surface area contributed by atoms with Crippen molar-refractivity contribution in [1.82, 2.24) is 24.5 Å². The van der Waals surface area contributed by atoms with E-state index in [1.807, 2.05) is 13.8 Å². The molecule has 3 atom stereocenters. The minimum Gasteiger partial charge on any atom is -0.387 e. The second-order valence-electron chi connectivity index (χ2n) is 8.01. The van der Waals surface area contributed by atoms with Gasteiger partial charge in [0.1, 0.15) is 24.1 Å². The lowest BCUT2D eigenvalue weighted by atomic mass is 10.1. The van der Waals surface area contributed by atoms with Gasteiger partial charge >= 0.3 is 5.69 Å². The predicted octanol–water partition coefficient (Wildman–Crippen LogP) is 2.42. The minimum atomic E-state index is -1.11. The molecule has 3 aromatic rings. The van der Waals surface area contributed by atoms with E-state index in [-0.39, 0.29) is 18.1 Å². The van der Waals surface area contributed by atoms with Crippen LogP contribution in [0.4, 0.5) is 21.7 Å². The molecule has 3 N–H and O–H groups in total. The maximum absolute atomic E-state index is 13.2. The van der Waals surface area contributed by atoms with E-state index < -0.39 is 29.8 Å². The molecule has 0 saturated heterocycles. The molecule has 10 nitrogen and oxygen atoms in total. The van der Waals surface area contributed by atoms with E-state index in [2.05, 4.69) is 30.6 Å². The summed E-state index contributed by atoms with van der Waals surface area (Å²) in [4.78, 5) is 41.0. The Bertz CT molecular complexity index is 1260. The molecule has 3 aromatic heterocycles. The van der Waals surface area contributed by atoms with Crippen molar-refractivity contribution in [3.05, 3.63) is 52.6 Å². The van der Waals surface area contributed by atoms with Crippen molar-refractivity contribution in [1.29, 1.82) is 0 Å². The van der Waals surface area contributed by atoms with Crippen molar-refractivity contribution >= 4 is 23.2 Å². The number of nitrogens with zero attached hydrogens (tertiary/aromatic N) is 5. The molecule has 1 fully saturated rings. The SMILES string of the molecule is CCC(O)c1cc(C)c(Nc2nc(=O)n(C)cc2-c2cc(NC(=O)C3CC3F)ncn2)cn1.